The Bertz CT molecular complexity index is 552. The average molecular weight is 244 g/mol. The third-order valence-corrected chi connectivity index (χ3v) is 3.04. The number of anilines is 1. The molecule has 0 radical (unpaired) electrons. The fourth-order valence-corrected chi connectivity index (χ4v) is 2.08. The molecule has 0 saturated carbocycles. The van der Waals surface area contributed by atoms with Gasteiger partial charge in [-0.25, -0.2) is 9.97 Å². The summed E-state index contributed by atoms with van der Waals surface area (Å²) in [4.78, 5) is 20.0. The van der Waals surface area contributed by atoms with E-state index in [2.05, 4.69) is 30.7 Å². The van der Waals surface area contributed by atoms with Crippen molar-refractivity contribution in [3.05, 3.63) is 29.8 Å². The van der Waals surface area contributed by atoms with Crippen LogP contribution in [0, 0.1) is 5.92 Å². The number of rotatable bonds is 2. The highest BCUT2D eigenvalue weighted by atomic mass is 16.2. The van der Waals surface area contributed by atoms with Crippen LogP contribution in [0.1, 0.15) is 17.8 Å². The monoisotopic (exact) mass is 244 g/mol. The Balaban J connectivity index is 1.68. The largest absolute Gasteiger partial charge is 0.294 e. The number of aryl methyl sites for hydroxylation is 1. The summed E-state index contributed by atoms with van der Waals surface area (Å²) in [6.07, 6.45) is 5.36. The number of carbonyl (C=O) groups is 1. The van der Waals surface area contributed by atoms with Crippen molar-refractivity contribution in [3.63, 3.8) is 0 Å². The third-order valence-electron chi connectivity index (χ3n) is 3.04. The predicted molar refractivity (Wildman–Crippen MR) is 62.6 cm³/mol. The molecule has 1 aliphatic carbocycles. The maximum absolute atomic E-state index is 12.0. The number of nitrogens with one attached hydrogen (secondary N) is 2. The van der Waals surface area contributed by atoms with E-state index in [1.165, 1.54) is 0 Å². The fraction of sp³-hybridized carbons (Fsp3) is 0.364. The predicted octanol–water partition coefficient (Wildman–Crippen LogP) is 0.338. The second-order valence-corrected chi connectivity index (χ2v) is 4.22. The molecule has 1 amide bonds. The Hall–Kier alpha value is -2.31. The molecule has 0 aromatic carbocycles. The number of H-pyrrole nitrogens is 1. The van der Waals surface area contributed by atoms with Gasteiger partial charge in [-0.2, -0.15) is 15.4 Å². The van der Waals surface area contributed by atoms with Crippen LogP contribution in [0.3, 0.4) is 0 Å². The molecule has 1 aliphatic rings. The first-order valence-electron chi connectivity index (χ1n) is 5.79. The number of amides is 1. The summed E-state index contributed by atoms with van der Waals surface area (Å²) in [7, 11) is 0. The highest BCUT2D eigenvalue weighted by Gasteiger charge is 2.27. The van der Waals surface area contributed by atoms with Gasteiger partial charge in [0, 0.05) is 24.7 Å². The Morgan fingerprint density at radius 1 is 1.28 bits per heavy atom. The molecule has 92 valence electrons. The quantitative estimate of drug-likeness (QED) is 0.794. The minimum absolute atomic E-state index is 0.0603. The fourth-order valence-electron chi connectivity index (χ4n) is 2.08. The number of hydrogen-bond donors (Lipinski definition) is 2. The van der Waals surface area contributed by atoms with Crippen LogP contribution in [-0.2, 0) is 17.6 Å². The van der Waals surface area contributed by atoms with E-state index in [0.717, 1.165) is 24.2 Å². The lowest BCUT2D eigenvalue weighted by atomic mass is 9.89. The molecule has 0 saturated heterocycles. The summed E-state index contributed by atoms with van der Waals surface area (Å²) < 4.78 is 0. The minimum atomic E-state index is -0.0913. The van der Waals surface area contributed by atoms with E-state index in [-0.39, 0.29) is 11.8 Å². The van der Waals surface area contributed by atoms with E-state index >= 15 is 0 Å². The van der Waals surface area contributed by atoms with Crippen LogP contribution in [0.2, 0.25) is 0 Å². The van der Waals surface area contributed by atoms with Crippen molar-refractivity contribution in [1.82, 2.24) is 25.4 Å². The first-order valence-corrected chi connectivity index (χ1v) is 5.79. The molecule has 1 atom stereocenters. The molecule has 0 bridgehead atoms. The second kappa shape index (κ2) is 4.52. The Labute approximate surface area is 103 Å². The lowest BCUT2D eigenvalue weighted by Gasteiger charge is -2.18. The zero-order valence-electron chi connectivity index (χ0n) is 9.63. The van der Waals surface area contributed by atoms with Gasteiger partial charge in [0.1, 0.15) is 0 Å². The SMILES string of the molecule is O=C(Nc1ncccn1)C1CCc2n[nH]nc2C1. The summed E-state index contributed by atoms with van der Waals surface area (Å²) in [5.41, 5.74) is 1.85. The maximum Gasteiger partial charge on any atom is 0.230 e. The molecule has 2 N–H and O–H groups in total. The second-order valence-electron chi connectivity index (χ2n) is 4.22. The molecular weight excluding hydrogens is 232 g/mol. The van der Waals surface area contributed by atoms with Gasteiger partial charge >= 0.3 is 0 Å². The van der Waals surface area contributed by atoms with Gasteiger partial charge in [0.25, 0.3) is 0 Å². The molecular formula is C11H12N6O. The van der Waals surface area contributed by atoms with Crippen molar-refractivity contribution < 1.29 is 4.79 Å². The zero-order valence-corrected chi connectivity index (χ0v) is 9.63. The van der Waals surface area contributed by atoms with Gasteiger partial charge in [0.2, 0.25) is 11.9 Å². The standard InChI is InChI=1S/C11H12N6O/c18-10(14-11-12-4-1-5-13-11)7-2-3-8-9(6-7)16-17-15-8/h1,4-5,7H,2-3,6H2,(H,15,16,17)(H,12,13,14,18). The minimum Gasteiger partial charge on any atom is -0.294 e. The molecule has 18 heavy (non-hydrogen) atoms. The van der Waals surface area contributed by atoms with E-state index < -0.39 is 0 Å². The van der Waals surface area contributed by atoms with Crippen molar-refractivity contribution in [2.75, 3.05) is 5.32 Å². The lowest BCUT2D eigenvalue weighted by molar-refractivity contribution is -0.120. The molecule has 7 nitrogen and oxygen atoms in total. The van der Waals surface area contributed by atoms with E-state index in [1.807, 2.05) is 0 Å². The summed E-state index contributed by atoms with van der Waals surface area (Å²) in [6, 6.07) is 1.71. The zero-order chi connectivity index (χ0) is 12.4. The number of hydrogen-bond acceptors (Lipinski definition) is 5. The smallest absolute Gasteiger partial charge is 0.230 e. The molecule has 2 heterocycles. The van der Waals surface area contributed by atoms with Crippen molar-refractivity contribution in [3.8, 4) is 0 Å². The van der Waals surface area contributed by atoms with Crippen molar-refractivity contribution in [2.45, 2.75) is 19.3 Å². The molecule has 2 aromatic heterocycles. The number of carbonyl (C=O) groups excluding carboxylic acids is 1. The van der Waals surface area contributed by atoms with Crippen LogP contribution in [0.4, 0.5) is 5.95 Å². The van der Waals surface area contributed by atoms with Gasteiger partial charge in [-0.05, 0) is 18.9 Å². The van der Waals surface area contributed by atoms with Gasteiger partial charge in [0.05, 0.1) is 11.4 Å². The van der Waals surface area contributed by atoms with Crippen molar-refractivity contribution >= 4 is 11.9 Å². The maximum atomic E-state index is 12.0. The van der Waals surface area contributed by atoms with E-state index in [9.17, 15) is 4.79 Å². The number of aromatic nitrogens is 5. The van der Waals surface area contributed by atoms with Gasteiger partial charge in [-0.3, -0.25) is 10.1 Å². The van der Waals surface area contributed by atoms with Crippen molar-refractivity contribution in [2.24, 2.45) is 5.92 Å². The molecule has 7 heteroatoms. The highest BCUT2D eigenvalue weighted by molar-refractivity contribution is 5.91. The molecule has 0 fully saturated rings. The Kier molecular flexibility index (Phi) is 2.71. The topological polar surface area (TPSA) is 96.5 Å². The van der Waals surface area contributed by atoms with E-state index in [0.29, 0.717) is 12.4 Å². The Morgan fingerprint density at radius 2 is 2.06 bits per heavy atom. The molecule has 2 aromatic rings. The molecule has 1 unspecified atom stereocenters. The van der Waals surface area contributed by atoms with Gasteiger partial charge in [0.15, 0.2) is 0 Å². The van der Waals surface area contributed by atoms with Gasteiger partial charge in [-0.15, -0.1) is 0 Å². The average Bonchev–Trinajstić information content (AvgIpc) is 2.87. The van der Waals surface area contributed by atoms with E-state index in [4.69, 9.17) is 0 Å². The van der Waals surface area contributed by atoms with Crippen LogP contribution in [-0.4, -0.2) is 31.3 Å². The summed E-state index contributed by atoms with van der Waals surface area (Å²) in [5, 5.41) is 13.4. The summed E-state index contributed by atoms with van der Waals surface area (Å²) in [6.45, 7) is 0. The Morgan fingerprint density at radius 3 is 2.89 bits per heavy atom. The first kappa shape index (κ1) is 10.8. The molecule has 3 rings (SSSR count). The highest BCUT2D eigenvalue weighted by Crippen LogP contribution is 2.22. The normalized spacial score (nSPS) is 18.1. The van der Waals surface area contributed by atoms with Gasteiger partial charge in [-0.1, -0.05) is 0 Å². The summed E-state index contributed by atoms with van der Waals surface area (Å²) in [5.74, 6) is 0.190. The lowest BCUT2D eigenvalue weighted by Crippen LogP contribution is -2.28. The molecule has 0 spiro atoms. The van der Waals surface area contributed by atoms with Crippen LogP contribution in [0.25, 0.3) is 0 Å². The number of nitrogens with zero attached hydrogens (tertiary/aromatic N) is 4. The van der Waals surface area contributed by atoms with Crippen LogP contribution >= 0.6 is 0 Å². The van der Waals surface area contributed by atoms with Crippen LogP contribution < -0.4 is 5.32 Å². The van der Waals surface area contributed by atoms with Gasteiger partial charge < -0.3 is 0 Å². The van der Waals surface area contributed by atoms with Crippen LogP contribution in [0.5, 0.6) is 0 Å². The first-order chi connectivity index (χ1) is 8.83. The van der Waals surface area contributed by atoms with E-state index in [1.54, 1.807) is 18.5 Å². The molecule has 0 aliphatic heterocycles. The number of fused-ring (bicyclic) bond motifs is 1. The third kappa shape index (κ3) is 2.06. The van der Waals surface area contributed by atoms with Crippen LogP contribution in [0.15, 0.2) is 18.5 Å². The number of aromatic amines is 1. The van der Waals surface area contributed by atoms with Crippen molar-refractivity contribution in [1.29, 1.82) is 0 Å². The summed E-state index contributed by atoms with van der Waals surface area (Å²) >= 11 is 0.